The molecule has 3 aromatic rings. The summed E-state index contributed by atoms with van der Waals surface area (Å²) in [7, 11) is 0. The molecule has 1 aromatic carbocycles. The van der Waals surface area contributed by atoms with Crippen molar-refractivity contribution < 1.29 is 26.9 Å². The molecule has 0 fully saturated rings. The second kappa shape index (κ2) is 6.66. The van der Waals surface area contributed by atoms with Gasteiger partial charge in [-0.25, -0.2) is 0 Å². The Hall–Kier alpha value is -3.10. The summed E-state index contributed by atoms with van der Waals surface area (Å²) in [4.78, 5) is 15.5. The molecule has 0 radical (unpaired) electrons. The van der Waals surface area contributed by atoms with Gasteiger partial charge in [-0.1, -0.05) is 29.4 Å². The molecule has 2 aromatic heterocycles. The van der Waals surface area contributed by atoms with Gasteiger partial charge < -0.3 is 14.3 Å². The van der Waals surface area contributed by atoms with Gasteiger partial charge in [0.1, 0.15) is 11.5 Å². The number of carbonyl (C=O) groups is 1. The van der Waals surface area contributed by atoms with Crippen molar-refractivity contribution >= 4 is 5.91 Å². The highest BCUT2D eigenvalue weighted by atomic mass is 19.4. The molecule has 0 unspecified atom stereocenters. The Kier molecular flexibility index (Phi) is 4.54. The maximum atomic E-state index is 12.5. The average Bonchev–Trinajstić information content (AvgIpc) is 3.19. The molecule has 0 aliphatic rings. The van der Waals surface area contributed by atoms with E-state index in [1.807, 2.05) is 0 Å². The van der Waals surface area contributed by atoms with Crippen molar-refractivity contribution in [3.63, 3.8) is 0 Å². The molecule has 3 rings (SSSR count). The molecule has 136 valence electrons. The van der Waals surface area contributed by atoms with Gasteiger partial charge in [-0.05, 0) is 25.5 Å². The largest absolute Gasteiger partial charge is 0.471 e. The molecule has 0 saturated heterocycles. The van der Waals surface area contributed by atoms with E-state index in [9.17, 15) is 18.0 Å². The SMILES string of the molecule is Cc1cc(C(=O)NCc2ccc(-c3noc(C(F)(F)F)n3)cc2)c(C)o1. The minimum Gasteiger partial charge on any atom is -0.466 e. The zero-order valence-corrected chi connectivity index (χ0v) is 13.8. The Bertz CT molecular complexity index is 927. The highest BCUT2D eigenvalue weighted by molar-refractivity contribution is 5.95. The van der Waals surface area contributed by atoms with Gasteiger partial charge >= 0.3 is 12.1 Å². The van der Waals surface area contributed by atoms with Crippen LogP contribution >= 0.6 is 0 Å². The third-order valence-corrected chi connectivity index (χ3v) is 3.62. The third kappa shape index (κ3) is 3.76. The standard InChI is InChI=1S/C17H14F3N3O3/c1-9-7-13(10(2)25-9)15(24)21-8-11-3-5-12(6-4-11)14-22-16(26-23-14)17(18,19)20/h3-7H,8H2,1-2H3,(H,21,24). The molecule has 1 amide bonds. The third-order valence-electron chi connectivity index (χ3n) is 3.62. The molecular weight excluding hydrogens is 351 g/mol. The summed E-state index contributed by atoms with van der Waals surface area (Å²) < 4.78 is 47.0. The highest BCUT2D eigenvalue weighted by Gasteiger charge is 2.38. The van der Waals surface area contributed by atoms with Crippen LogP contribution in [0.15, 0.2) is 39.3 Å². The first-order valence-electron chi connectivity index (χ1n) is 7.59. The predicted octanol–water partition coefficient (Wildman–Crippen LogP) is 3.90. The zero-order valence-electron chi connectivity index (χ0n) is 13.8. The van der Waals surface area contributed by atoms with Crippen molar-refractivity contribution in [1.82, 2.24) is 15.5 Å². The monoisotopic (exact) mass is 365 g/mol. The van der Waals surface area contributed by atoms with E-state index in [0.29, 0.717) is 22.6 Å². The summed E-state index contributed by atoms with van der Waals surface area (Å²) in [6, 6.07) is 8.08. The van der Waals surface area contributed by atoms with Crippen LogP contribution in [-0.4, -0.2) is 16.0 Å². The Morgan fingerprint density at radius 2 is 1.88 bits per heavy atom. The minimum absolute atomic E-state index is 0.155. The molecular formula is C17H14F3N3O3. The fourth-order valence-electron chi connectivity index (χ4n) is 2.36. The lowest BCUT2D eigenvalue weighted by Crippen LogP contribution is -2.22. The van der Waals surface area contributed by atoms with Gasteiger partial charge in [0.05, 0.1) is 5.56 Å². The Balaban J connectivity index is 1.65. The van der Waals surface area contributed by atoms with Crippen LogP contribution in [0.1, 0.15) is 33.3 Å². The Labute approximate surface area is 146 Å². The maximum Gasteiger partial charge on any atom is 0.471 e. The lowest BCUT2D eigenvalue weighted by atomic mass is 10.1. The summed E-state index contributed by atoms with van der Waals surface area (Å²) in [5.74, 6) is -0.633. The van der Waals surface area contributed by atoms with Crippen molar-refractivity contribution in [2.24, 2.45) is 0 Å². The number of nitrogens with zero attached hydrogens (tertiary/aromatic N) is 2. The number of halogens is 3. The van der Waals surface area contributed by atoms with Crippen LogP contribution in [0.3, 0.4) is 0 Å². The van der Waals surface area contributed by atoms with Gasteiger partial charge in [-0.2, -0.15) is 18.2 Å². The molecule has 0 saturated carbocycles. The first kappa shape index (κ1) is 17.7. The van der Waals surface area contributed by atoms with Crippen LogP contribution < -0.4 is 5.32 Å². The van der Waals surface area contributed by atoms with E-state index in [-0.39, 0.29) is 18.3 Å². The van der Waals surface area contributed by atoms with Crippen molar-refractivity contribution in [2.75, 3.05) is 0 Å². The number of alkyl halides is 3. The van der Waals surface area contributed by atoms with Crippen molar-refractivity contribution in [3.8, 4) is 11.4 Å². The molecule has 1 N–H and O–H groups in total. The number of benzene rings is 1. The van der Waals surface area contributed by atoms with Gasteiger partial charge in [-0.3, -0.25) is 4.79 Å². The Morgan fingerprint density at radius 3 is 2.42 bits per heavy atom. The molecule has 0 bridgehead atoms. The highest BCUT2D eigenvalue weighted by Crippen LogP contribution is 2.29. The van der Waals surface area contributed by atoms with E-state index in [1.165, 1.54) is 0 Å². The second-order valence-electron chi connectivity index (χ2n) is 5.63. The van der Waals surface area contributed by atoms with Crippen LogP contribution in [-0.2, 0) is 12.7 Å². The smallest absolute Gasteiger partial charge is 0.466 e. The number of aromatic nitrogens is 2. The molecule has 0 aliphatic carbocycles. The molecule has 2 heterocycles. The van der Waals surface area contributed by atoms with Gasteiger partial charge in [0, 0.05) is 12.1 Å². The number of amides is 1. The van der Waals surface area contributed by atoms with E-state index in [1.54, 1.807) is 44.2 Å². The van der Waals surface area contributed by atoms with Gasteiger partial charge in [0.2, 0.25) is 5.82 Å². The second-order valence-corrected chi connectivity index (χ2v) is 5.63. The topological polar surface area (TPSA) is 81.2 Å². The first-order chi connectivity index (χ1) is 12.2. The minimum atomic E-state index is -4.68. The molecule has 26 heavy (non-hydrogen) atoms. The lowest BCUT2D eigenvalue weighted by molar-refractivity contribution is -0.159. The number of nitrogens with one attached hydrogen (secondary N) is 1. The quantitative estimate of drug-likeness (QED) is 0.758. The normalized spacial score (nSPS) is 11.6. The fraction of sp³-hybridized carbons (Fsp3) is 0.235. The number of rotatable bonds is 4. The number of carbonyl (C=O) groups excluding carboxylic acids is 1. The first-order valence-corrected chi connectivity index (χ1v) is 7.59. The fourth-order valence-corrected chi connectivity index (χ4v) is 2.36. The number of hydrogen-bond donors (Lipinski definition) is 1. The maximum absolute atomic E-state index is 12.5. The summed E-state index contributed by atoms with van der Waals surface area (Å²) in [6.07, 6.45) is -4.68. The summed E-state index contributed by atoms with van der Waals surface area (Å²) in [5, 5.41) is 6.08. The summed E-state index contributed by atoms with van der Waals surface area (Å²) in [6.45, 7) is 3.71. The van der Waals surface area contributed by atoms with E-state index < -0.39 is 12.1 Å². The summed E-state index contributed by atoms with van der Waals surface area (Å²) in [5.41, 5.74) is 1.60. The van der Waals surface area contributed by atoms with Gasteiger partial charge in [0.15, 0.2) is 0 Å². The summed E-state index contributed by atoms with van der Waals surface area (Å²) >= 11 is 0. The van der Waals surface area contributed by atoms with Crippen LogP contribution in [0.25, 0.3) is 11.4 Å². The average molecular weight is 365 g/mol. The Morgan fingerprint density at radius 1 is 1.19 bits per heavy atom. The van der Waals surface area contributed by atoms with Crippen LogP contribution in [0.2, 0.25) is 0 Å². The van der Waals surface area contributed by atoms with E-state index in [0.717, 1.165) is 5.56 Å². The molecule has 6 nitrogen and oxygen atoms in total. The van der Waals surface area contributed by atoms with Gasteiger partial charge in [0.25, 0.3) is 5.91 Å². The van der Waals surface area contributed by atoms with Crippen molar-refractivity contribution in [1.29, 1.82) is 0 Å². The van der Waals surface area contributed by atoms with Crippen LogP contribution in [0, 0.1) is 13.8 Å². The number of aryl methyl sites for hydroxylation is 2. The van der Waals surface area contributed by atoms with Crippen molar-refractivity contribution in [3.05, 3.63) is 58.9 Å². The van der Waals surface area contributed by atoms with Crippen molar-refractivity contribution in [2.45, 2.75) is 26.6 Å². The van der Waals surface area contributed by atoms with Gasteiger partial charge in [-0.15, -0.1) is 0 Å². The van der Waals surface area contributed by atoms with E-state index >= 15 is 0 Å². The van der Waals surface area contributed by atoms with E-state index in [2.05, 4.69) is 20.0 Å². The van der Waals surface area contributed by atoms with Crippen LogP contribution in [0.4, 0.5) is 13.2 Å². The van der Waals surface area contributed by atoms with E-state index in [4.69, 9.17) is 4.42 Å². The molecule has 0 atom stereocenters. The number of hydrogen-bond acceptors (Lipinski definition) is 5. The number of furan rings is 1. The molecule has 0 spiro atoms. The van der Waals surface area contributed by atoms with Crippen LogP contribution in [0.5, 0.6) is 0 Å². The molecule has 0 aliphatic heterocycles. The molecule has 9 heteroatoms. The predicted molar refractivity (Wildman–Crippen MR) is 84.1 cm³/mol. The lowest BCUT2D eigenvalue weighted by Gasteiger charge is -2.05. The zero-order chi connectivity index (χ0) is 18.9.